The van der Waals surface area contributed by atoms with Crippen molar-refractivity contribution in [1.82, 2.24) is 30.2 Å². The number of nitrogens with one attached hydrogen (secondary N) is 1. The Bertz CT molecular complexity index is 1150. The van der Waals surface area contributed by atoms with Crippen molar-refractivity contribution < 1.29 is 13.7 Å². The number of anilines is 1. The van der Waals surface area contributed by atoms with Crippen LogP contribution in [0.15, 0.2) is 29.0 Å². The molecule has 0 radical (unpaired) electrons. The van der Waals surface area contributed by atoms with E-state index in [2.05, 4.69) is 37.6 Å². The number of halogens is 1. The van der Waals surface area contributed by atoms with Crippen molar-refractivity contribution in [1.29, 1.82) is 0 Å². The smallest absolute Gasteiger partial charge is 0.323 e. The Morgan fingerprint density at radius 2 is 2.13 bits per heavy atom. The number of urea groups is 1. The molecule has 3 aromatic rings. The zero-order valence-corrected chi connectivity index (χ0v) is 17.5. The minimum atomic E-state index is -0.649. The van der Waals surface area contributed by atoms with E-state index in [1.807, 2.05) is 0 Å². The van der Waals surface area contributed by atoms with Crippen LogP contribution >= 0.6 is 0 Å². The standard InChI is InChI=1S/C21H22FN7O2/c1-11-6-14-10-21(9-11,19-25-13(3)28-31-19)29(14)20(30)26-17-8-15(12(2)7-16(17)22)18-23-4-5-24-27-18/h4-5,7-8,11,14H,6,9-10H2,1-3H3,(H,26,30)/t11-,14+,21-/m1/s1. The van der Waals surface area contributed by atoms with E-state index in [-0.39, 0.29) is 17.8 Å². The highest BCUT2D eigenvalue weighted by Gasteiger charge is 2.62. The zero-order chi connectivity index (χ0) is 21.8. The SMILES string of the molecule is Cc1noc([C@@]23C[C@H](C)C[C@@H](C2)N3C(=O)Nc2cc(-c3nccnn3)c(C)cc2F)n1. The van der Waals surface area contributed by atoms with Gasteiger partial charge in [0.2, 0.25) is 0 Å². The molecular weight excluding hydrogens is 401 g/mol. The van der Waals surface area contributed by atoms with Crippen LogP contribution < -0.4 is 5.32 Å². The van der Waals surface area contributed by atoms with Gasteiger partial charge in [-0.15, -0.1) is 5.10 Å². The van der Waals surface area contributed by atoms with Gasteiger partial charge >= 0.3 is 6.03 Å². The lowest BCUT2D eigenvalue weighted by Gasteiger charge is -2.61. The first kappa shape index (κ1) is 19.5. The lowest BCUT2D eigenvalue weighted by Crippen LogP contribution is -2.70. The van der Waals surface area contributed by atoms with E-state index >= 15 is 0 Å². The molecule has 0 spiro atoms. The fraction of sp³-hybridized carbons (Fsp3) is 0.429. The fourth-order valence-corrected chi connectivity index (χ4v) is 4.99. The Morgan fingerprint density at radius 3 is 2.84 bits per heavy atom. The number of carbonyl (C=O) groups is 1. The first-order chi connectivity index (χ1) is 14.9. The summed E-state index contributed by atoms with van der Waals surface area (Å²) in [6.07, 6.45) is 5.35. The Hall–Kier alpha value is -3.43. The number of nitrogens with zero attached hydrogens (tertiary/aromatic N) is 6. The van der Waals surface area contributed by atoms with Crippen molar-refractivity contribution in [3.63, 3.8) is 0 Å². The summed E-state index contributed by atoms with van der Waals surface area (Å²) in [5, 5.41) is 14.5. The van der Waals surface area contributed by atoms with Crippen LogP contribution in [0.2, 0.25) is 0 Å². The number of amides is 2. The van der Waals surface area contributed by atoms with Crippen molar-refractivity contribution in [2.75, 3.05) is 5.32 Å². The van der Waals surface area contributed by atoms with Gasteiger partial charge in [0, 0.05) is 24.2 Å². The van der Waals surface area contributed by atoms with E-state index in [9.17, 15) is 9.18 Å². The van der Waals surface area contributed by atoms with Crippen molar-refractivity contribution in [3.8, 4) is 11.4 Å². The summed E-state index contributed by atoms with van der Waals surface area (Å²) in [7, 11) is 0. The molecule has 3 heterocycles. The third kappa shape index (κ3) is 3.13. The van der Waals surface area contributed by atoms with E-state index in [4.69, 9.17) is 4.52 Å². The molecule has 1 aliphatic carbocycles. The van der Waals surface area contributed by atoms with E-state index in [0.29, 0.717) is 34.6 Å². The van der Waals surface area contributed by atoms with E-state index < -0.39 is 11.4 Å². The van der Waals surface area contributed by atoms with Crippen LogP contribution in [0.1, 0.15) is 43.5 Å². The third-order valence-corrected chi connectivity index (χ3v) is 6.18. The Labute approximate surface area is 178 Å². The molecule has 2 fully saturated rings. The first-order valence-corrected chi connectivity index (χ1v) is 10.2. The summed E-state index contributed by atoms with van der Waals surface area (Å²) >= 11 is 0. The van der Waals surface area contributed by atoms with Crippen molar-refractivity contribution in [3.05, 3.63) is 47.6 Å². The fourth-order valence-electron chi connectivity index (χ4n) is 4.99. The molecule has 3 atom stereocenters. The van der Waals surface area contributed by atoms with E-state index in [1.54, 1.807) is 24.8 Å². The number of likely N-dealkylation sites (tertiary alicyclic amines) is 1. The number of hydrogen-bond acceptors (Lipinski definition) is 7. The number of aromatic nitrogens is 5. The number of rotatable bonds is 3. The van der Waals surface area contributed by atoms with Crippen LogP contribution in [0.5, 0.6) is 0 Å². The summed E-state index contributed by atoms with van der Waals surface area (Å²) in [6.45, 7) is 5.66. The zero-order valence-electron chi connectivity index (χ0n) is 17.5. The second-order valence-corrected chi connectivity index (χ2v) is 8.49. The molecular formula is C21H22FN7O2. The summed E-state index contributed by atoms with van der Waals surface area (Å²) in [5.41, 5.74) is 0.665. The Morgan fingerprint density at radius 1 is 1.29 bits per heavy atom. The maximum absolute atomic E-state index is 14.7. The Kier molecular flexibility index (Phi) is 4.45. The molecule has 1 aliphatic heterocycles. The largest absolute Gasteiger partial charge is 0.337 e. The summed E-state index contributed by atoms with van der Waals surface area (Å²) < 4.78 is 20.2. The summed E-state index contributed by atoms with van der Waals surface area (Å²) in [6, 6.07) is 2.56. The molecule has 1 saturated heterocycles. The number of carbonyl (C=O) groups excluding carboxylic acids is 1. The van der Waals surface area contributed by atoms with E-state index in [1.165, 1.54) is 18.5 Å². The number of benzene rings is 1. The van der Waals surface area contributed by atoms with Crippen molar-refractivity contribution in [2.24, 2.45) is 5.92 Å². The molecule has 1 N–H and O–H groups in total. The van der Waals surface area contributed by atoms with Gasteiger partial charge in [-0.3, -0.25) is 0 Å². The minimum absolute atomic E-state index is 0.0468. The summed E-state index contributed by atoms with van der Waals surface area (Å²) in [5.74, 6) is 1.22. The first-order valence-electron chi connectivity index (χ1n) is 10.2. The van der Waals surface area contributed by atoms with Crippen LogP contribution in [-0.2, 0) is 5.54 Å². The topological polar surface area (TPSA) is 110 Å². The van der Waals surface area contributed by atoms with Crippen LogP contribution in [0.4, 0.5) is 14.9 Å². The van der Waals surface area contributed by atoms with Gasteiger partial charge < -0.3 is 14.7 Å². The highest BCUT2D eigenvalue weighted by molar-refractivity contribution is 5.92. The van der Waals surface area contributed by atoms with Gasteiger partial charge in [-0.05, 0) is 50.3 Å². The minimum Gasteiger partial charge on any atom is -0.337 e. The van der Waals surface area contributed by atoms with E-state index in [0.717, 1.165) is 19.3 Å². The highest BCUT2D eigenvalue weighted by Crippen LogP contribution is 2.55. The molecule has 2 bridgehead atoms. The monoisotopic (exact) mass is 423 g/mol. The quantitative estimate of drug-likeness (QED) is 0.685. The van der Waals surface area contributed by atoms with Gasteiger partial charge in [0.05, 0.1) is 11.9 Å². The Balaban J connectivity index is 1.46. The van der Waals surface area contributed by atoms with Crippen LogP contribution in [0, 0.1) is 25.6 Å². The third-order valence-electron chi connectivity index (χ3n) is 6.18. The lowest BCUT2D eigenvalue weighted by molar-refractivity contribution is -0.112. The number of aryl methyl sites for hydroxylation is 2. The average molecular weight is 423 g/mol. The average Bonchev–Trinajstić information content (AvgIpc) is 3.17. The highest BCUT2D eigenvalue weighted by atomic mass is 19.1. The van der Waals surface area contributed by atoms with Gasteiger partial charge in [-0.1, -0.05) is 12.1 Å². The second kappa shape index (κ2) is 7.07. The van der Waals surface area contributed by atoms with Gasteiger partial charge in [-0.25, -0.2) is 14.2 Å². The van der Waals surface area contributed by atoms with Crippen molar-refractivity contribution in [2.45, 2.75) is 51.6 Å². The van der Waals surface area contributed by atoms with Gasteiger partial charge in [0.25, 0.3) is 5.89 Å². The van der Waals surface area contributed by atoms with Crippen LogP contribution in [0.25, 0.3) is 11.4 Å². The number of piperidine rings is 1. The normalized spacial score (nSPS) is 24.6. The lowest BCUT2D eigenvalue weighted by atomic mass is 9.64. The van der Waals surface area contributed by atoms with Gasteiger partial charge in [0.15, 0.2) is 11.6 Å². The van der Waals surface area contributed by atoms with Crippen LogP contribution in [0.3, 0.4) is 0 Å². The maximum Gasteiger partial charge on any atom is 0.323 e. The molecule has 31 heavy (non-hydrogen) atoms. The van der Waals surface area contributed by atoms with Gasteiger partial charge in [-0.2, -0.15) is 10.1 Å². The van der Waals surface area contributed by atoms with Crippen LogP contribution in [-0.4, -0.2) is 42.3 Å². The predicted molar refractivity (Wildman–Crippen MR) is 108 cm³/mol. The molecule has 2 amide bonds. The number of fused-ring (bicyclic) bond motifs is 2. The molecule has 1 saturated carbocycles. The molecule has 10 heteroatoms. The second-order valence-electron chi connectivity index (χ2n) is 8.49. The molecule has 1 aromatic carbocycles. The molecule has 2 aliphatic rings. The van der Waals surface area contributed by atoms with Gasteiger partial charge in [0.1, 0.15) is 11.4 Å². The molecule has 9 nitrogen and oxygen atoms in total. The number of hydrogen-bond donors (Lipinski definition) is 1. The summed E-state index contributed by atoms with van der Waals surface area (Å²) in [4.78, 5) is 23.6. The molecule has 0 unspecified atom stereocenters. The molecule has 2 aromatic heterocycles. The molecule has 5 rings (SSSR count). The maximum atomic E-state index is 14.7. The van der Waals surface area contributed by atoms with Crippen molar-refractivity contribution >= 4 is 11.7 Å². The predicted octanol–water partition coefficient (Wildman–Crippen LogP) is 3.61. The molecule has 160 valence electrons.